The average Bonchev–Trinajstić information content (AvgIpc) is 2.59. The highest BCUT2D eigenvalue weighted by Crippen LogP contribution is 2.25. The Morgan fingerprint density at radius 1 is 1.11 bits per heavy atom. The van der Waals surface area contributed by atoms with Gasteiger partial charge in [-0.25, -0.2) is 26.4 Å². The Hall–Kier alpha value is -2.65. The van der Waals surface area contributed by atoms with Crippen molar-refractivity contribution in [3.05, 3.63) is 22.0 Å². The third-order valence-corrected chi connectivity index (χ3v) is 6.33. The number of aromatic nitrogens is 3. The van der Waals surface area contributed by atoms with Crippen LogP contribution in [0.25, 0.3) is 0 Å². The zero-order valence-corrected chi connectivity index (χ0v) is 17.2. The topological polar surface area (TPSA) is 167 Å². The van der Waals surface area contributed by atoms with Crippen LogP contribution in [0.15, 0.2) is 22.0 Å². The Balaban J connectivity index is 2.33. The molecule has 28 heavy (non-hydrogen) atoms. The normalized spacial score (nSPS) is 14.6. The van der Waals surface area contributed by atoms with Gasteiger partial charge in [0.1, 0.15) is 9.81 Å². The zero-order chi connectivity index (χ0) is 21.1. The summed E-state index contributed by atoms with van der Waals surface area (Å²) in [6, 6.07) is -1.62. The monoisotopic (exact) mass is 449 g/mol. The summed E-state index contributed by atoms with van der Waals surface area (Å²) < 4.78 is 60.2. The Labute approximate surface area is 166 Å². The van der Waals surface area contributed by atoms with Crippen molar-refractivity contribution < 1.29 is 31.1 Å². The van der Waals surface area contributed by atoms with Crippen molar-refractivity contribution in [2.75, 3.05) is 25.8 Å². The second-order valence-corrected chi connectivity index (χ2v) is 9.28. The molecule has 0 unspecified atom stereocenters. The maximum Gasteiger partial charge on any atom is 0.335 e. The van der Waals surface area contributed by atoms with E-state index in [-0.39, 0.29) is 29.3 Å². The number of amides is 2. The molecule has 0 saturated carbocycles. The van der Waals surface area contributed by atoms with E-state index in [1.54, 1.807) is 4.72 Å². The van der Waals surface area contributed by atoms with Crippen molar-refractivity contribution in [1.29, 1.82) is 0 Å². The van der Waals surface area contributed by atoms with E-state index in [0.29, 0.717) is 0 Å². The lowest BCUT2D eigenvalue weighted by Gasteiger charge is -2.16. The van der Waals surface area contributed by atoms with Gasteiger partial charge in [-0.15, -0.1) is 4.98 Å². The van der Waals surface area contributed by atoms with Gasteiger partial charge in [0, 0.05) is 17.5 Å². The first-order valence-corrected chi connectivity index (χ1v) is 11.1. The minimum atomic E-state index is -4.57. The van der Waals surface area contributed by atoms with Crippen LogP contribution in [0.2, 0.25) is 0 Å². The number of hydrogen-bond acceptors (Lipinski definition) is 11. The van der Waals surface area contributed by atoms with Crippen LogP contribution in [0.3, 0.4) is 0 Å². The van der Waals surface area contributed by atoms with E-state index >= 15 is 0 Å². The number of nitrogens with one attached hydrogen (secondary N) is 2. The van der Waals surface area contributed by atoms with Crippen LogP contribution in [-0.4, -0.2) is 63.2 Å². The highest BCUT2D eigenvalue weighted by molar-refractivity contribution is 8.00. The van der Waals surface area contributed by atoms with Crippen molar-refractivity contribution in [2.24, 2.45) is 0 Å². The quantitative estimate of drug-likeness (QED) is 0.558. The number of anilines is 1. The SMILES string of the molecule is COc1nc(NC(=O)NS(=O)(=O)C2=C(S(C)(=O)=O)C(=S)CC=C2)nc(OC)n1. The fourth-order valence-corrected chi connectivity index (χ4v) is 5.55. The Morgan fingerprint density at radius 2 is 1.68 bits per heavy atom. The molecule has 0 spiro atoms. The molecule has 1 aromatic rings. The summed E-state index contributed by atoms with van der Waals surface area (Å²) in [7, 11) is -5.99. The molecular formula is C13H15N5O7S3. The van der Waals surface area contributed by atoms with Crippen LogP contribution in [0.5, 0.6) is 12.0 Å². The highest BCUT2D eigenvalue weighted by atomic mass is 32.2. The van der Waals surface area contributed by atoms with Gasteiger partial charge in [0.25, 0.3) is 10.0 Å². The largest absolute Gasteiger partial charge is 0.467 e. The number of nitrogens with zero attached hydrogens (tertiary/aromatic N) is 3. The van der Waals surface area contributed by atoms with Crippen molar-refractivity contribution in [3.8, 4) is 12.0 Å². The summed E-state index contributed by atoms with van der Waals surface area (Å²) in [5, 5.41) is 2.07. The molecule has 152 valence electrons. The van der Waals surface area contributed by atoms with Crippen LogP contribution in [-0.2, 0) is 19.9 Å². The second kappa shape index (κ2) is 8.15. The average molecular weight is 449 g/mol. The molecule has 12 nitrogen and oxygen atoms in total. The molecule has 0 radical (unpaired) electrons. The number of carbonyl (C=O) groups excluding carboxylic acids is 1. The van der Waals surface area contributed by atoms with Gasteiger partial charge in [0.2, 0.25) is 5.95 Å². The molecule has 2 N–H and O–H groups in total. The lowest BCUT2D eigenvalue weighted by atomic mass is 10.2. The van der Waals surface area contributed by atoms with Crippen LogP contribution in [0.1, 0.15) is 6.42 Å². The summed E-state index contributed by atoms with van der Waals surface area (Å²) >= 11 is 4.96. The van der Waals surface area contributed by atoms with E-state index in [4.69, 9.17) is 21.7 Å². The highest BCUT2D eigenvalue weighted by Gasteiger charge is 2.31. The smallest absolute Gasteiger partial charge is 0.335 e. The summed E-state index contributed by atoms with van der Waals surface area (Å²) in [4.78, 5) is 22.0. The van der Waals surface area contributed by atoms with Crippen molar-refractivity contribution in [1.82, 2.24) is 19.7 Å². The first-order valence-electron chi connectivity index (χ1n) is 7.30. The Kier molecular flexibility index (Phi) is 6.30. The van der Waals surface area contributed by atoms with Gasteiger partial charge in [0.15, 0.2) is 9.84 Å². The minimum Gasteiger partial charge on any atom is -0.467 e. The van der Waals surface area contributed by atoms with Gasteiger partial charge >= 0.3 is 18.1 Å². The maximum atomic E-state index is 12.5. The number of rotatable bonds is 6. The molecule has 1 aromatic heterocycles. The van der Waals surface area contributed by atoms with Gasteiger partial charge in [-0.3, -0.25) is 5.32 Å². The zero-order valence-electron chi connectivity index (χ0n) is 14.8. The molecule has 2 amide bonds. The molecule has 0 aliphatic heterocycles. The standard InChI is InChI=1S/C13H15N5O7S3/c1-24-12-15-10(16-13(17-12)25-2)14-11(19)18-28(22,23)8-6-4-5-7(26)9(8)27(3,20)21/h4,6H,5H2,1-3H3,(H2,14,15,16,17,18,19). The third-order valence-electron chi connectivity index (χ3n) is 3.12. The van der Waals surface area contributed by atoms with Gasteiger partial charge in [-0.05, 0) is 6.08 Å². The first kappa shape index (κ1) is 21.6. The van der Waals surface area contributed by atoms with E-state index in [1.165, 1.54) is 20.3 Å². The molecule has 0 fully saturated rings. The predicted octanol–water partition coefficient (Wildman–Crippen LogP) is -0.0739. The van der Waals surface area contributed by atoms with E-state index < -0.39 is 35.7 Å². The Bertz CT molecular complexity index is 1070. The lowest BCUT2D eigenvalue weighted by molar-refractivity contribution is 0.256. The number of hydrogen-bond donors (Lipinski definition) is 2. The fourth-order valence-electron chi connectivity index (χ4n) is 2.06. The number of sulfonamides is 1. The molecule has 15 heteroatoms. The summed E-state index contributed by atoms with van der Waals surface area (Å²) in [6.45, 7) is 0. The van der Waals surface area contributed by atoms with Crippen LogP contribution < -0.4 is 19.5 Å². The third kappa shape index (κ3) is 4.99. The molecule has 0 aromatic carbocycles. The number of methoxy groups -OCH3 is 2. The van der Waals surface area contributed by atoms with Gasteiger partial charge in [-0.2, -0.15) is 9.97 Å². The summed E-state index contributed by atoms with van der Waals surface area (Å²) in [5.41, 5.74) is 0. The lowest BCUT2D eigenvalue weighted by Crippen LogP contribution is -2.37. The molecule has 2 rings (SSSR count). The predicted molar refractivity (Wildman–Crippen MR) is 102 cm³/mol. The molecule has 1 aliphatic rings. The van der Waals surface area contributed by atoms with E-state index in [1.807, 2.05) is 0 Å². The molecule has 0 saturated heterocycles. The Morgan fingerprint density at radius 3 is 2.18 bits per heavy atom. The van der Waals surface area contributed by atoms with Gasteiger partial charge < -0.3 is 9.47 Å². The van der Waals surface area contributed by atoms with Crippen LogP contribution in [0, 0.1) is 0 Å². The van der Waals surface area contributed by atoms with Crippen molar-refractivity contribution >= 4 is 48.9 Å². The number of thiocarbonyl (C=S) groups is 1. The number of ether oxygens (including phenoxy) is 2. The minimum absolute atomic E-state index is 0.0716. The molecule has 0 bridgehead atoms. The van der Waals surface area contributed by atoms with E-state index in [2.05, 4.69) is 20.3 Å². The van der Waals surface area contributed by atoms with Crippen molar-refractivity contribution in [2.45, 2.75) is 6.42 Å². The van der Waals surface area contributed by atoms with E-state index in [9.17, 15) is 21.6 Å². The van der Waals surface area contributed by atoms with Crippen LogP contribution in [0.4, 0.5) is 10.7 Å². The molecular weight excluding hydrogens is 434 g/mol. The second-order valence-electron chi connectivity index (χ2n) is 5.19. The molecule has 1 heterocycles. The summed E-state index contributed by atoms with van der Waals surface area (Å²) in [6.07, 6.45) is 3.36. The number of sulfone groups is 1. The fraction of sp³-hybridized carbons (Fsp3) is 0.308. The van der Waals surface area contributed by atoms with E-state index in [0.717, 1.165) is 12.3 Å². The van der Waals surface area contributed by atoms with Gasteiger partial charge in [0.05, 0.1) is 14.2 Å². The maximum absolute atomic E-state index is 12.5. The number of allylic oxidation sites excluding steroid dienone is 3. The van der Waals surface area contributed by atoms with Gasteiger partial charge in [-0.1, -0.05) is 18.3 Å². The first-order chi connectivity index (χ1) is 13.0. The summed E-state index contributed by atoms with van der Waals surface area (Å²) in [5.74, 6) is -0.358. The van der Waals surface area contributed by atoms with Crippen molar-refractivity contribution in [3.63, 3.8) is 0 Å². The number of urea groups is 1. The number of carbonyl (C=O) groups is 1. The van der Waals surface area contributed by atoms with Crippen LogP contribution >= 0.6 is 12.2 Å². The molecule has 0 atom stereocenters. The molecule has 1 aliphatic carbocycles.